The minimum absolute atomic E-state index is 0.0294. The fourth-order valence-corrected chi connectivity index (χ4v) is 11.3. The molecule has 388 valence electrons. The maximum absolute atomic E-state index is 13.6. The van der Waals surface area contributed by atoms with E-state index in [9.17, 15) is 4.79 Å². The summed E-state index contributed by atoms with van der Waals surface area (Å²) in [4.78, 5) is 26.6. The van der Waals surface area contributed by atoms with Crippen molar-refractivity contribution in [1.82, 2.24) is 25.0 Å². The van der Waals surface area contributed by atoms with Gasteiger partial charge in [-0.1, -0.05) is 243 Å². The van der Waals surface area contributed by atoms with Crippen molar-refractivity contribution in [2.75, 3.05) is 0 Å². The Morgan fingerprint density at radius 2 is 0.961 bits per heavy atom. The first-order valence-electron chi connectivity index (χ1n) is 28.0. The maximum Gasteiger partial charge on any atom is 0.193 e. The molecule has 77 heavy (non-hydrogen) atoms. The van der Waals surface area contributed by atoms with Crippen LogP contribution in [-0.4, -0.2) is 30.7 Å². The third-order valence-electron chi connectivity index (χ3n) is 15.7. The molecule has 10 rings (SSSR count). The molecule has 0 amide bonds. The molecule has 10 aromatic rings. The van der Waals surface area contributed by atoms with Gasteiger partial charge < -0.3 is 0 Å². The second kappa shape index (κ2) is 23.2. The Bertz CT molecular complexity index is 3580. The standard InChI is InChI=1S/C71H73N5O/c1-9-62-63(10-2)73-67-65(56-38-36-52(37-39-56)48(5)61(54-24-18-13-19-25-54)45-51-29-33-57(34-30-51)70(77)58-40-42-60(43-41-58)71(6,7)8)69-68(74-76(75-69)46-47(3)4)64(66(67)72-62)55-31-26-49(27-32-55)28-35-59(53-22-16-12-17-23-53)44-50-20-14-11-15-21-50/h11-27,29-34,36-43,47-48,59,61H,9-10,28,35,44-46H2,1-8H3. The SMILES string of the molecule is CCc1nc2c(-c3ccc(CCC(Cc4ccccc4)c4ccccc4)cc3)c3nn(CC(C)C)nc3c(-c3ccc(C(C)C(Cc4ccc(C(=O)c5ccc(C(C)(C)C)cc5)cc4)c4ccccc4)cc3)c2nc1CC. The molecule has 0 radical (unpaired) electrons. The van der Waals surface area contributed by atoms with Gasteiger partial charge in [-0.2, -0.15) is 15.0 Å². The predicted octanol–water partition coefficient (Wildman–Crippen LogP) is 17.1. The molecule has 2 aromatic heterocycles. The molecular formula is C71H73N5O. The number of aryl methyl sites for hydroxylation is 3. The number of ketones is 1. The second-order valence-corrected chi connectivity index (χ2v) is 22.6. The van der Waals surface area contributed by atoms with Gasteiger partial charge in [-0.3, -0.25) is 4.79 Å². The van der Waals surface area contributed by atoms with Crippen LogP contribution >= 0.6 is 0 Å². The predicted molar refractivity (Wildman–Crippen MR) is 319 cm³/mol. The van der Waals surface area contributed by atoms with Gasteiger partial charge in [0, 0.05) is 22.3 Å². The van der Waals surface area contributed by atoms with E-state index in [-0.39, 0.29) is 23.0 Å². The van der Waals surface area contributed by atoms with Crippen LogP contribution in [0.2, 0.25) is 0 Å². The number of carbonyl (C=O) groups is 1. The summed E-state index contributed by atoms with van der Waals surface area (Å²) in [6.07, 6.45) is 5.41. The van der Waals surface area contributed by atoms with E-state index in [2.05, 4.69) is 219 Å². The van der Waals surface area contributed by atoms with Gasteiger partial charge in [0.25, 0.3) is 0 Å². The number of benzene rings is 8. The first-order valence-corrected chi connectivity index (χ1v) is 28.0. The molecule has 0 aliphatic heterocycles. The van der Waals surface area contributed by atoms with Gasteiger partial charge in [-0.15, -0.1) is 0 Å². The van der Waals surface area contributed by atoms with Crippen LogP contribution in [0.4, 0.5) is 0 Å². The number of fused-ring (bicyclic) bond motifs is 2. The van der Waals surface area contributed by atoms with Crippen LogP contribution in [0.15, 0.2) is 188 Å². The number of carbonyl (C=O) groups excluding carboxylic acids is 1. The van der Waals surface area contributed by atoms with Crippen molar-refractivity contribution >= 4 is 27.9 Å². The van der Waals surface area contributed by atoms with Crippen LogP contribution in [0.25, 0.3) is 44.3 Å². The summed E-state index contributed by atoms with van der Waals surface area (Å²) >= 11 is 0. The average Bonchev–Trinajstić information content (AvgIpc) is 3.90. The molecule has 3 atom stereocenters. The molecule has 2 heterocycles. The lowest BCUT2D eigenvalue weighted by molar-refractivity contribution is 0.103. The average molecular weight is 1010 g/mol. The highest BCUT2D eigenvalue weighted by atomic mass is 16.1. The monoisotopic (exact) mass is 1010 g/mol. The zero-order valence-corrected chi connectivity index (χ0v) is 46.3. The molecule has 0 bridgehead atoms. The van der Waals surface area contributed by atoms with Crippen LogP contribution in [0.5, 0.6) is 0 Å². The molecule has 0 N–H and O–H groups in total. The lowest BCUT2D eigenvalue weighted by Crippen LogP contribution is -2.12. The Hall–Kier alpha value is -7.83. The van der Waals surface area contributed by atoms with Gasteiger partial charge in [0.15, 0.2) is 5.78 Å². The highest BCUT2D eigenvalue weighted by molar-refractivity contribution is 6.16. The second-order valence-electron chi connectivity index (χ2n) is 22.6. The first-order chi connectivity index (χ1) is 37.3. The van der Waals surface area contributed by atoms with Crippen molar-refractivity contribution in [3.05, 3.63) is 250 Å². The van der Waals surface area contributed by atoms with E-state index in [0.717, 1.165) is 94.2 Å². The molecule has 6 nitrogen and oxygen atoms in total. The van der Waals surface area contributed by atoms with Gasteiger partial charge in [0.2, 0.25) is 0 Å². The summed E-state index contributed by atoms with van der Waals surface area (Å²) in [6, 6.07) is 67.2. The minimum Gasteiger partial charge on any atom is -0.289 e. The zero-order valence-electron chi connectivity index (χ0n) is 46.3. The molecule has 6 heteroatoms. The van der Waals surface area contributed by atoms with E-state index in [0.29, 0.717) is 29.5 Å². The van der Waals surface area contributed by atoms with Crippen LogP contribution in [-0.2, 0) is 44.1 Å². The fourth-order valence-electron chi connectivity index (χ4n) is 11.3. The summed E-state index contributed by atoms with van der Waals surface area (Å²) < 4.78 is 0. The van der Waals surface area contributed by atoms with Crippen LogP contribution in [0.1, 0.15) is 146 Å². The number of rotatable bonds is 19. The number of aromatic nitrogens is 5. The van der Waals surface area contributed by atoms with Gasteiger partial charge in [-0.25, -0.2) is 9.97 Å². The van der Waals surface area contributed by atoms with Crippen LogP contribution < -0.4 is 0 Å². The van der Waals surface area contributed by atoms with E-state index in [4.69, 9.17) is 20.2 Å². The van der Waals surface area contributed by atoms with E-state index < -0.39 is 0 Å². The van der Waals surface area contributed by atoms with Crippen molar-refractivity contribution in [1.29, 1.82) is 0 Å². The largest absolute Gasteiger partial charge is 0.289 e. The van der Waals surface area contributed by atoms with Gasteiger partial charge in [-0.05, 0) is 118 Å². The fraction of sp³-hybridized carbons (Fsp3) is 0.282. The molecule has 0 spiro atoms. The van der Waals surface area contributed by atoms with E-state index >= 15 is 0 Å². The smallest absolute Gasteiger partial charge is 0.193 e. The van der Waals surface area contributed by atoms with E-state index in [1.165, 1.54) is 38.9 Å². The molecule has 3 unspecified atom stereocenters. The van der Waals surface area contributed by atoms with E-state index in [1.54, 1.807) is 0 Å². The van der Waals surface area contributed by atoms with Crippen LogP contribution in [0, 0.1) is 5.92 Å². The summed E-state index contributed by atoms with van der Waals surface area (Å²) in [5.41, 5.74) is 20.0. The summed E-state index contributed by atoms with van der Waals surface area (Å²) in [5, 5.41) is 10.7. The van der Waals surface area contributed by atoms with Gasteiger partial charge in [0.1, 0.15) is 11.0 Å². The van der Waals surface area contributed by atoms with Crippen LogP contribution in [0.3, 0.4) is 0 Å². The third-order valence-corrected chi connectivity index (χ3v) is 15.7. The summed E-state index contributed by atoms with van der Waals surface area (Å²) in [7, 11) is 0. The lowest BCUT2D eigenvalue weighted by Gasteiger charge is -2.26. The van der Waals surface area contributed by atoms with Crippen molar-refractivity contribution < 1.29 is 4.79 Å². The highest BCUT2D eigenvalue weighted by Gasteiger charge is 2.27. The summed E-state index contributed by atoms with van der Waals surface area (Å²) in [6.45, 7) is 18.4. The normalized spacial score (nSPS) is 13.1. The number of hydrogen-bond donors (Lipinski definition) is 0. The first kappa shape index (κ1) is 52.6. The molecule has 0 saturated carbocycles. The van der Waals surface area contributed by atoms with Gasteiger partial charge in [0.05, 0.1) is 29.0 Å². The zero-order chi connectivity index (χ0) is 53.6. The Labute approximate surface area is 456 Å². The Balaban J connectivity index is 0.981. The Morgan fingerprint density at radius 3 is 1.47 bits per heavy atom. The summed E-state index contributed by atoms with van der Waals surface area (Å²) in [5.74, 6) is 1.17. The topological polar surface area (TPSA) is 73.6 Å². The molecule has 8 aromatic carbocycles. The van der Waals surface area contributed by atoms with Crippen molar-refractivity contribution in [2.45, 2.75) is 124 Å². The number of nitrogens with zero attached hydrogens (tertiary/aromatic N) is 5. The quantitative estimate of drug-likeness (QED) is 0.0755. The molecule has 0 aliphatic rings. The lowest BCUT2D eigenvalue weighted by atomic mass is 9.78. The minimum atomic E-state index is 0.0294. The van der Waals surface area contributed by atoms with Crippen molar-refractivity contribution in [3.63, 3.8) is 0 Å². The van der Waals surface area contributed by atoms with E-state index in [1.807, 2.05) is 29.1 Å². The Kier molecular flexibility index (Phi) is 15.8. The molecule has 0 fully saturated rings. The maximum atomic E-state index is 13.6. The van der Waals surface area contributed by atoms with Crippen molar-refractivity contribution in [3.8, 4) is 22.3 Å². The third kappa shape index (κ3) is 11.8. The molecular weight excluding hydrogens is 939 g/mol. The van der Waals surface area contributed by atoms with Gasteiger partial charge >= 0.3 is 0 Å². The highest BCUT2D eigenvalue weighted by Crippen LogP contribution is 2.43. The van der Waals surface area contributed by atoms with Crippen molar-refractivity contribution in [2.24, 2.45) is 5.92 Å². The molecule has 0 aliphatic carbocycles. The Morgan fingerprint density at radius 1 is 0.494 bits per heavy atom. The molecule has 0 saturated heterocycles. The number of hydrogen-bond acceptors (Lipinski definition) is 5.